The molecular formula is C16H16N6O. The molecule has 0 saturated carbocycles. The highest BCUT2D eigenvalue weighted by Crippen LogP contribution is 2.18. The van der Waals surface area contributed by atoms with Crippen molar-refractivity contribution in [3.63, 3.8) is 0 Å². The van der Waals surface area contributed by atoms with Crippen molar-refractivity contribution in [2.24, 2.45) is 0 Å². The van der Waals surface area contributed by atoms with Crippen molar-refractivity contribution in [3.8, 4) is 11.3 Å². The van der Waals surface area contributed by atoms with Gasteiger partial charge in [-0.1, -0.05) is 0 Å². The van der Waals surface area contributed by atoms with E-state index in [0.29, 0.717) is 29.2 Å². The highest BCUT2D eigenvalue weighted by Gasteiger charge is 2.07. The average molecular weight is 308 g/mol. The highest BCUT2D eigenvalue weighted by atomic mass is 16.2. The number of rotatable bonds is 3. The van der Waals surface area contributed by atoms with Crippen LogP contribution in [0, 0.1) is 6.92 Å². The second-order valence-electron chi connectivity index (χ2n) is 4.97. The summed E-state index contributed by atoms with van der Waals surface area (Å²) in [6.07, 6.45) is 3.44. The van der Waals surface area contributed by atoms with E-state index in [1.54, 1.807) is 24.5 Å². The number of anilines is 1. The topological polar surface area (TPSA) is 92.7 Å². The van der Waals surface area contributed by atoms with E-state index in [0.717, 1.165) is 11.3 Å². The summed E-state index contributed by atoms with van der Waals surface area (Å²) in [6.45, 7) is 4.32. The number of aryl methyl sites for hydroxylation is 1. The molecule has 0 bridgehead atoms. The number of amides is 2. The summed E-state index contributed by atoms with van der Waals surface area (Å²) in [5.74, 6) is 0.428. The predicted molar refractivity (Wildman–Crippen MR) is 88.0 cm³/mol. The van der Waals surface area contributed by atoms with Gasteiger partial charge >= 0.3 is 6.03 Å². The summed E-state index contributed by atoms with van der Waals surface area (Å²) in [4.78, 5) is 29.0. The van der Waals surface area contributed by atoms with Gasteiger partial charge in [-0.15, -0.1) is 0 Å². The summed E-state index contributed by atoms with van der Waals surface area (Å²) in [5, 5.41) is 5.31. The Kier molecular flexibility index (Phi) is 4.09. The molecule has 0 radical (unpaired) electrons. The Morgan fingerprint density at radius 2 is 1.96 bits per heavy atom. The van der Waals surface area contributed by atoms with E-state index in [1.165, 1.54) is 0 Å². The van der Waals surface area contributed by atoms with Crippen LogP contribution in [0.25, 0.3) is 22.4 Å². The molecule has 116 valence electrons. The Morgan fingerprint density at radius 1 is 1.09 bits per heavy atom. The third kappa shape index (κ3) is 3.39. The number of nitrogens with one attached hydrogen (secondary N) is 2. The Hall–Kier alpha value is -3.09. The third-order valence-electron chi connectivity index (χ3n) is 3.19. The van der Waals surface area contributed by atoms with Gasteiger partial charge in [-0.3, -0.25) is 15.3 Å². The molecule has 0 aliphatic heterocycles. The molecule has 3 aromatic rings. The normalized spacial score (nSPS) is 10.5. The number of carbonyl (C=O) groups excluding carboxylic acids is 1. The first-order valence-corrected chi connectivity index (χ1v) is 7.27. The zero-order chi connectivity index (χ0) is 16.2. The van der Waals surface area contributed by atoms with Gasteiger partial charge in [0, 0.05) is 24.0 Å². The minimum absolute atomic E-state index is 0.300. The van der Waals surface area contributed by atoms with Crippen LogP contribution in [0.3, 0.4) is 0 Å². The summed E-state index contributed by atoms with van der Waals surface area (Å²) >= 11 is 0. The molecule has 0 atom stereocenters. The maximum Gasteiger partial charge on any atom is 0.320 e. The highest BCUT2D eigenvalue weighted by molar-refractivity contribution is 5.89. The lowest BCUT2D eigenvalue weighted by Gasteiger charge is -2.06. The molecule has 0 aliphatic rings. The fraction of sp³-hybridized carbons (Fsp3) is 0.188. The number of pyridine rings is 2. The van der Waals surface area contributed by atoms with Crippen LogP contribution in [0.5, 0.6) is 0 Å². The lowest BCUT2D eigenvalue weighted by molar-refractivity contribution is 0.252. The van der Waals surface area contributed by atoms with Gasteiger partial charge < -0.3 is 5.32 Å². The van der Waals surface area contributed by atoms with Crippen molar-refractivity contribution >= 4 is 23.0 Å². The average Bonchev–Trinajstić information content (AvgIpc) is 2.55. The van der Waals surface area contributed by atoms with E-state index in [9.17, 15) is 4.79 Å². The van der Waals surface area contributed by atoms with Gasteiger partial charge in [-0.25, -0.2) is 14.8 Å². The van der Waals surface area contributed by atoms with Gasteiger partial charge in [0.05, 0.1) is 11.9 Å². The first-order chi connectivity index (χ1) is 11.2. The number of aromatic nitrogens is 4. The molecule has 7 nitrogen and oxygen atoms in total. The van der Waals surface area contributed by atoms with E-state index in [4.69, 9.17) is 0 Å². The number of hydrogen-bond acceptors (Lipinski definition) is 5. The fourth-order valence-electron chi connectivity index (χ4n) is 2.05. The minimum Gasteiger partial charge on any atom is -0.338 e. The van der Waals surface area contributed by atoms with Gasteiger partial charge in [-0.2, -0.15) is 0 Å². The summed E-state index contributed by atoms with van der Waals surface area (Å²) in [5.41, 5.74) is 3.63. The van der Waals surface area contributed by atoms with Gasteiger partial charge in [0.25, 0.3) is 0 Å². The second kappa shape index (κ2) is 6.35. The molecule has 0 saturated heterocycles. The van der Waals surface area contributed by atoms with Gasteiger partial charge in [0.15, 0.2) is 5.65 Å². The van der Waals surface area contributed by atoms with Crippen LogP contribution in [0.2, 0.25) is 0 Å². The van der Waals surface area contributed by atoms with Gasteiger partial charge in [0.1, 0.15) is 11.3 Å². The Balaban J connectivity index is 1.94. The molecule has 23 heavy (non-hydrogen) atoms. The zero-order valence-corrected chi connectivity index (χ0v) is 12.9. The summed E-state index contributed by atoms with van der Waals surface area (Å²) in [6, 6.07) is 7.02. The summed E-state index contributed by atoms with van der Waals surface area (Å²) < 4.78 is 0. The van der Waals surface area contributed by atoms with Crippen molar-refractivity contribution in [1.29, 1.82) is 0 Å². The van der Waals surface area contributed by atoms with Crippen molar-refractivity contribution in [3.05, 3.63) is 42.4 Å². The molecule has 7 heteroatoms. The van der Waals surface area contributed by atoms with Crippen molar-refractivity contribution in [2.75, 3.05) is 11.9 Å². The van der Waals surface area contributed by atoms with Crippen molar-refractivity contribution < 1.29 is 4.79 Å². The van der Waals surface area contributed by atoms with E-state index in [-0.39, 0.29) is 6.03 Å². The smallest absolute Gasteiger partial charge is 0.320 e. The molecule has 3 aromatic heterocycles. The maximum atomic E-state index is 11.6. The molecule has 0 aliphatic carbocycles. The molecule has 3 heterocycles. The predicted octanol–water partition coefficient (Wildman–Crippen LogP) is 2.54. The van der Waals surface area contributed by atoms with E-state index >= 15 is 0 Å². The number of nitrogens with zero attached hydrogens (tertiary/aromatic N) is 4. The molecule has 2 amide bonds. The number of fused-ring (bicyclic) bond motifs is 1. The van der Waals surface area contributed by atoms with E-state index in [2.05, 4.69) is 30.6 Å². The van der Waals surface area contributed by atoms with Crippen LogP contribution in [-0.4, -0.2) is 32.5 Å². The monoisotopic (exact) mass is 308 g/mol. The number of hydrogen-bond donors (Lipinski definition) is 2. The van der Waals surface area contributed by atoms with Crippen LogP contribution in [0.1, 0.15) is 12.6 Å². The van der Waals surface area contributed by atoms with Crippen molar-refractivity contribution in [2.45, 2.75) is 13.8 Å². The first kappa shape index (κ1) is 14.8. The maximum absolute atomic E-state index is 11.6. The standard InChI is InChI=1S/C16H16N6O/c1-3-17-16(23)22-14-7-6-12-15(21-14)20-13(9-19-12)11-5-4-10(2)18-8-11/h4-9H,3H2,1-2H3,(H2,17,20,21,22,23). The minimum atomic E-state index is -0.300. The zero-order valence-electron chi connectivity index (χ0n) is 12.9. The van der Waals surface area contributed by atoms with Crippen LogP contribution in [0.15, 0.2) is 36.7 Å². The Bertz CT molecular complexity index is 847. The lowest BCUT2D eigenvalue weighted by atomic mass is 10.2. The Morgan fingerprint density at radius 3 is 2.70 bits per heavy atom. The fourth-order valence-corrected chi connectivity index (χ4v) is 2.05. The molecular weight excluding hydrogens is 292 g/mol. The molecule has 0 spiro atoms. The van der Waals surface area contributed by atoms with Crippen molar-refractivity contribution in [1.82, 2.24) is 25.3 Å². The molecule has 0 fully saturated rings. The van der Waals surface area contributed by atoms with Crippen LogP contribution in [0.4, 0.5) is 10.6 Å². The summed E-state index contributed by atoms with van der Waals surface area (Å²) in [7, 11) is 0. The van der Waals surface area contributed by atoms with Crippen LogP contribution < -0.4 is 10.6 Å². The molecule has 0 aromatic carbocycles. The van der Waals surface area contributed by atoms with Crippen LogP contribution in [-0.2, 0) is 0 Å². The quantitative estimate of drug-likeness (QED) is 0.775. The number of carbonyl (C=O) groups is 1. The lowest BCUT2D eigenvalue weighted by Crippen LogP contribution is -2.28. The number of urea groups is 1. The first-order valence-electron chi connectivity index (χ1n) is 7.27. The largest absolute Gasteiger partial charge is 0.338 e. The SMILES string of the molecule is CCNC(=O)Nc1ccc2ncc(-c3ccc(C)nc3)nc2n1. The second-order valence-corrected chi connectivity index (χ2v) is 4.97. The van der Waals surface area contributed by atoms with E-state index in [1.807, 2.05) is 26.0 Å². The van der Waals surface area contributed by atoms with Crippen LogP contribution >= 0.6 is 0 Å². The van der Waals surface area contributed by atoms with Gasteiger partial charge in [0.2, 0.25) is 0 Å². The Labute approximate surface area is 133 Å². The van der Waals surface area contributed by atoms with Gasteiger partial charge in [-0.05, 0) is 38.1 Å². The molecule has 2 N–H and O–H groups in total. The molecule has 3 rings (SSSR count). The third-order valence-corrected chi connectivity index (χ3v) is 3.19. The van der Waals surface area contributed by atoms with E-state index < -0.39 is 0 Å². The molecule has 0 unspecified atom stereocenters.